The van der Waals surface area contributed by atoms with Gasteiger partial charge in [0.05, 0.1) is 6.54 Å². The van der Waals surface area contributed by atoms with Gasteiger partial charge < -0.3 is 15.5 Å². The Hall–Kier alpha value is -1.39. The summed E-state index contributed by atoms with van der Waals surface area (Å²) in [5.74, 6) is 0.604. The van der Waals surface area contributed by atoms with Crippen LogP contribution in [0.25, 0.3) is 0 Å². The van der Waals surface area contributed by atoms with Crippen molar-refractivity contribution in [3.8, 4) is 0 Å². The molecule has 1 aromatic rings. The van der Waals surface area contributed by atoms with Gasteiger partial charge in [-0.2, -0.15) is 0 Å². The molecule has 4 nitrogen and oxygen atoms in total. The Bertz CT molecular complexity index is 455. The number of anilines is 1. The molecule has 1 aromatic carbocycles. The highest BCUT2D eigenvalue weighted by Gasteiger charge is 2.14. The number of carbonyl (C=O) groups is 1. The fourth-order valence-electron chi connectivity index (χ4n) is 2.81. The minimum Gasteiger partial charge on any atom is -0.325 e. The van der Waals surface area contributed by atoms with Gasteiger partial charge in [0.1, 0.15) is 0 Å². The van der Waals surface area contributed by atoms with Gasteiger partial charge in [-0.25, -0.2) is 0 Å². The summed E-state index contributed by atoms with van der Waals surface area (Å²) in [4.78, 5) is 14.4. The zero-order valence-corrected chi connectivity index (χ0v) is 13.2. The zero-order valence-electron chi connectivity index (χ0n) is 13.2. The number of para-hydroxylation sites is 1. The van der Waals surface area contributed by atoms with E-state index in [0.717, 1.165) is 24.3 Å². The van der Waals surface area contributed by atoms with Crippen molar-refractivity contribution in [2.45, 2.75) is 26.7 Å². The molecule has 1 aliphatic heterocycles. The Morgan fingerprint density at radius 3 is 2.71 bits per heavy atom. The SMILES string of the molecule is Cc1ccccc1NC(=O)CNCC(C)CN1CCCC1. The summed E-state index contributed by atoms with van der Waals surface area (Å²) in [6.45, 7) is 9.10. The Balaban J connectivity index is 1.63. The van der Waals surface area contributed by atoms with E-state index in [0.29, 0.717) is 12.5 Å². The molecule has 4 heteroatoms. The summed E-state index contributed by atoms with van der Waals surface area (Å²) >= 11 is 0. The first-order valence-electron chi connectivity index (χ1n) is 7.93. The molecule has 1 atom stereocenters. The zero-order chi connectivity index (χ0) is 15.1. The van der Waals surface area contributed by atoms with Gasteiger partial charge in [0.15, 0.2) is 0 Å². The molecule has 1 fully saturated rings. The van der Waals surface area contributed by atoms with Gasteiger partial charge in [-0.05, 0) is 56.9 Å². The van der Waals surface area contributed by atoms with E-state index < -0.39 is 0 Å². The van der Waals surface area contributed by atoms with Gasteiger partial charge in [-0.15, -0.1) is 0 Å². The van der Waals surface area contributed by atoms with E-state index in [-0.39, 0.29) is 5.91 Å². The molecule has 2 N–H and O–H groups in total. The van der Waals surface area contributed by atoms with Crippen LogP contribution in [0.3, 0.4) is 0 Å². The molecule has 0 bridgehead atoms. The standard InChI is InChI=1S/C17H27N3O/c1-14(13-20-9-5-6-10-20)11-18-12-17(21)19-16-8-4-3-7-15(16)2/h3-4,7-8,14,18H,5-6,9-13H2,1-2H3,(H,19,21). The van der Waals surface area contributed by atoms with Crippen LogP contribution in [0.15, 0.2) is 24.3 Å². The average Bonchev–Trinajstić information content (AvgIpc) is 2.94. The van der Waals surface area contributed by atoms with Gasteiger partial charge in [-0.1, -0.05) is 25.1 Å². The lowest BCUT2D eigenvalue weighted by Gasteiger charge is -2.20. The number of hydrogen-bond acceptors (Lipinski definition) is 3. The maximum absolute atomic E-state index is 11.9. The molecule has 1 saturated heterocycles. The van der Waals surface area contributed by atoms with Crippen LogP contribution in [0.1, 0.15) is 25.3 Å². The predicted molar refractivity (Wildman–Crippen MR) is 87.5 cm³/mol. The molecule has 0 saturated carbocycles. The fourth-order valence-corrected chi connectivity index (χ4v) is 2.81. The second kappa shape index (κ2) is 8.15. The second-order valence-electron chi connectivity index (χ2n) is 6.11. The van der Waals surface area contributed by atoms with Crippen molar-refractivity contribution in [2.24, 2.45) is 5.92 Å². The number of benzene rings is 1. The lowest BCUT2D eigenvalue weighted by molar-refractivity contribution is -0.115. The summed E-state index contributed by atoms with van der Waals surface area (Å²) in [7, 11) is 0. The molecule has 0 spiro atoms. The van der Waals surface area contributed by atoms with E-state index in [2.05, 4.69) is 22.5 Å². The van der Waals surface area contributed by atoms with Crippen LogP contribution >= 0.6 is 0 Å². The van der Waals surface area contributed by atoms with Crippen LogP contribution < -0.4 is 10.6 Å². The number of nitrogens with one attached hydrogen (secondary N) is 2. The first-order valence-corrected chi connectivity index (χ1v) is 7.93. The molecule has 21 heavy (non-hydrogen) atoms. The monoisotopic (exact) mass is 289 g/mol. The summed E-state index contributed by atoms with van der Waals surface area (Å²) < 4.78 is 0. The van der Waals surface area contributed by atoms with E-state index in [1.807, 2.05) is 31.2 Å². The summed E-state index contributed by atoms with van der Waals surface area (Å²) in [6, 6.07) is 7.85. The Kier molecular flexibility index (Phi) is 6.21. The lowest BCUT2D eigenvalue weighted by Crippen LogP contribution is -2.35. The molecule has 116 valence electrons. The highest BCUT2D eigenvalue weighted by Crippen LogP contribution is 2.12. The third-order valence-electron chi connectivity index (χ3n) is 3.97. The normalized spacial score (nSPS) is 16.9. The summed E-state index contributed by atoms with van der Waals surface area (Å²) in [6.07, 6.45) is 2.66. The highest BCUT2D eigenvalue weighted by molar-refractivity contribution is 5.92. The molecule has 1 unspecified atom stereocenters. The molecule has 1 heterocycles. The van der Waals surface area contributed by atoms with E-state index >= 15 is 0 Å². The molecular formula is C17H27N3O. The van der Waals surface area contributed by atoms with Crippen molar-refractivity contribution in [3.05, 3.63) is 29.8 Å². The second-order valence-corrected chi connectivity index (χ2v) is 6.11. The van der Waals surface area contributed by atoms with Crippen molar-refractivity contribution in [1.29, 1.82) is 0 Å². The van der Waals surface area contributed by atoms with Crippen LogP contribution in [0.5, 0.6) is 0 Å². The van der Waals surface area contributed by atoms with Crippen molar-refractivity contribution in [3.63, 3.8) is 0 Å². The van der Waals surface area contributed by atoms with Gasteiger partial charge in [0, 0.05) is 12.2 Å². The lowest BCUT2D eigenvalue weighted by atomic mass is 10.1. The topological polar surface area (TPSA) is 44.4 Å². The maximum atomic E-state index is 11.9. The molecular weight excluding hydrogens is 262 g/mol. The van der Waals surface area contributed by atoms with E-state index in [9.17, 15) is 4.79 Å². The quantitative estimate of drug-likeness (QED) is 0.809. The van der Waals surface area contributed by atoms with Crippen molar-refractivity contribution >= 4 is 11.6 Å². The number of amides is 1. The summed E-state index contributed by atoms with van der Waals surface area (Å²) in [5, 5.41) is 6.21. The fraction of sp³-hybridized carbons (Fsp3) is 0.588. The molecule has 1 amide bonds. The number of hydrogen-bond donors (Lipinski definition) is 2. The number of nitrogens with zero attached hydrogens (tertiary/aromatic N) is 1. The predicted octanol–water partition coefficient (Wildman–Crippen LogP) is 2.26. The average molecular weight is 289 g/mol. The third kappa shape index (κ3) is 5.48. The van der Waals surface area contributed by atoms with Crippen LogP contribution in [-0.4, -0.2) is 43.5 Å². The number of carbonyl (C=O) groups excluding carboxylic acids is 1. The van der Waals surface area contributed by atoms with Gasteiger partial charge in [0.25, 0.3) is 0 Å². The number of rotatable bonds is 7. The number of likely N-dealkylation sites (tertiary alicyclic amines) is 1. The molecule has 0 radical (unpaired) electrons. The van der Waals surface area contributed by atoms with Crippen molar-refractivity contribution in [1.82, 2.24) is 10.2 Å². The molecule has 0 aliphatic carbocycles. The molecule has 0 aromatic heterocycles. The van der Waals surface area contributed by atoms with Crippen LogP contribution in [0.4, 0.5) is 5.69 Å². The first-order chi connectivity index (χ1) is 10.1. The van der Waals surface area contributed by atoms with Gasteiger partial charge in [0.2, 0.25) is 5.91 Å². The molecule has 1 aliphatic rings. The Morgan fingerprint density at radius 1 is 1.29 bits per heavy atom. The smallest absolute Gasteiger partial charge is 0.238 e. The van der Waals surface area contributed by atoms with Crippen molar-refractivity contribution < 1.29 is 4.79 Å². The van der Waals surface area contributed by atoms with Crippen molar-refractivity contribution in [2.75, 3.05) is 38.0 Å². The van der Waals surface area contributed by atoms with E-state index in [1.165, 1.54) is 25.9 Å². The van der Waals surface area contributed by atoms with Crippen LogP contribution in [-0.2, 0) is 4.79 Å². The van der Waals surface area contributed by atoms with Crippen LogP contribution in [0.2, 0.25) is 0 Å². The highest BCUT2D eigenvalue weighted by atomic mass is 16.1. The minimum absolute atomic E-state index is 0.0256. The van der Waals surface area contributed by atoms with E-state index in [1.54, 1.807) is 0 Å². The minimum atomic E-state index is 0.0256. The summed E-state index contributed by atoms with van der Waals surface area (Å²) in [5.41, 5.74) is 1.99. The van der Waals surface area contributed by atoms with Gasteiger partial charge in [-0.3, -0.25) is 4.79 Å². The van der Waals surface area contributed by atoms with Gasteiger partial charge >= 0.3 is 0 Å². The molecule has 2 rings (SSSR count). The largest absolute Gasteiger partial charge is 0.325 e. The maximum Gasteiger partial charge on any atom is 0.238 e. The van der Waals surface area contributed by atoms with E-state index in [4.69, 9.17) is 0 Å². The Labute approximate surface area is 127 Å². The first kappa shape index (κ1) is 16.0. The number of aryl methyl sites for hydroxylation is 1. The third-order valence-corrected chi connectivity index (χ3v) is 3.97. The Morgan fingerprint density at radius 2 is 2.00 bits per heavy atom. The van der Waals surface area contributed by atoms with Crippen LogP contribution in [0, 0.1) is 12.8 Å².